The van der Waals surface area contributed by atoms with Crippen LogP contribution in [0.3, 0.4) is 0 Å². The lowest BCUT2D eigenvalue weighted by Crippen LogP contribution is -2.24. The molecule has 5 heteroatoms. The third-order valence-electron chi connectivity index (χ3n) is 3.18. The van der Waals surface area contributed by atoms with Gasteiger partial charge in [0.1, 0.15) is 0 Å². The fourth-order valence-corrected chi connectivity index (χ4v) is 2.11. The standard InChI is InChI=1S/C16H20ClN3O/c1-16(2,3)14-9-12(19-20-14)10-18-15(21)8-11-6-4-5-7-13(11)17/h4-7,9H,8,10H2,1-3H3,(H,18,21)(H,19,20). The van der Waals surface area contributed by atoms with Crippen molar-refractivity contribution in [1.29, 1.82) is 0 Å². The predicted molar refractivity (Wildman–Crippen MR) is 84.3 cm³/mol. The van der Waals surface area contributed by atoms with E-state index in [1.165, 1.54) is 0 Å². The van der Waals surface area contributed by atoms with Gasteiger partial charge < -0.3 is 5.32 Å². The number of H-pyrrole nitrogens is 1. The highest BCUT2D eigenvalue weighted by atomic mass is 35.5. The Bertz CT molecular complexity index is 628. The molecule has 0 unspecified atom stereocenters. The normalized spacial score (nSPS) is 11.4. The van der Waals surface area contributed by atoms with Gasteiger partial charge in [0.05, 0.1) is 24.4 Å². The third-order valence-corrected chi connectivity index (χ3v) is 3.55. The van der Waals surface area contributed by atoms with Gasteiger partial charge in [-0.25, -0.2) is 0 Å². The number of nitrogens with one attached hydrogen (secondary N) is 2. The van der Waals surface area contributed by atoms with Crippen molar-refractivity contribution in [2.24, 2.45) is 0 Å². The molecule has 0 atom stereocenters. The van der Waals surface area contributed by atoms with Gasteiger partial charge in [0.25, 0.3) is 0 Å². The number of halogens is 1. The second-order valence-corrected chi connectivity index (χ2v) is 6.48. The lowest BCUT2D eigenvalue weighted by atomic mass is 9.92. The molecule has 0 saturated carbocycles. The molecular formula is C16H20ClN3O. The van der Waals surface area contributed by atoms with Gasteiger partial charge in [-0.15, -0.1) is 0 Å². The Morgan fingerprint density at radius 1 is 1.33 bits per heavy atom. The van der Waals surface area contributed by atoms with Crippen LogP contribution in [-0.2, 0) is 23.2 Å². The summed E-state index contributed by atoms with van der Waals surface area (Å²) >= 11 is 6.04. The smallest absolute Gasteiger partial charge is 0.224 e. The second kappa shape index (κ2) is 6.31. The Hall–Kier alpha value is -1.81. The first-order valence-corrected chi connectivity index (χ1v) is 7.29. The number of rotatable bonds is 4. The molecule has 21 heavy (non-hydrogen) atoms. The summed E-state index contributed by atoms with van der Waals surface area (Å²) in [5.41, 5.74) is 2.71. The van der Waals surface area contributed by atoms with E-state index in [9.17, 15) is 4.79 Å². The maximum absolute atomic E-state index is 11.9. The molecule has 2 rings (SSSR count). The minimum absolute atomic E-state index is 0.00365. The van der Waals surface area contributed by atoms with Crippen LogP contribution in [0.15, 0.2) is 30.3 Å². The topological polar surface area (TPSA) is 57.8 Å². The van der Waals surface area contributed by atoms with Crippen LogP contribution in [0.5, 0.6) is 0 Å². The molecule has 2 N–H and O–H groups in total. The van der Waals surface area contributed by atoms with Crippen molar-refractivity contribution in [3.05, 3.63) is 52.3 Å². The highest BCUT2D eigenvalue weighted by Gasteiger charge is 2.17. The highest BCUT2D eigenvalue weighted by molar-refractivity contribution is 6.31. The summed E-state index contributed by atoms with van der Waals surface area (Å²) in [6, 6.07) is 9.35. The lowest BCUT2D eigenvalue weighted by Gasteiger charge is -2.13. The van der Waals surface area contributed by atoms with Gasteiger partial charge in [-0.2, -0.15) is 5.10 Å². The monoisotopic (exact) mass is 305 g/mol. The zero-order chi connectivity index (χ0) is 15.5. The molecule has 2 aromatic rings. The molecule has 0 aliphatic carbocycles. The summed E-state index contributed by atoms with van der Waals surface area (Å²) in [4.78, 5) is 11.9. The molecule has 1 aromatic heterocycles. The van der Waals surface area contributed by atoms with E-state index >= 15 is 0 Å². The van der Waals surface area contributed by atoms with Gasteiger partial charge in [0, 0.05) is 10.4 Å². The molecule has 1 amide bonds. The summed E-state index contributed by atoms with van der Waals surface area (Å²) in [5.74, 6) is -0.0602. The Kier molecular flexibility index (Phi) is 4.68. The number of amides is 1. The predicted octanol–water partition coefficient (Wildman–Crippen LogP) is 3.22. The van der Waals surface area contributed by atoms with Gasteiger partial charge >= 0.3 is 0 Å². The van der Waals surface area contributed by atoms with Gasteiger partial charge in [-0.3, -0.25) is 9.89 Å². The van der Waals surface area contributed by atoms with E-state index in [1.54, 1.807) is 6.07 Å². The Balaban J connectivity index is 1.90. The molecule has 1 aromatic carbocycles. The highest BCUT2D eigenvalue weighted by Crippen LogP contribution is 2.20. The van der Waals surface area contributed by atoms with Crippen molar-refractivity contribution in [2.45, 2.75) is 39.2 Å². The Morgan fingerprint density at radius 2 is 2.05 bits per heavy atom. The molecule has 0 radical (unpaired) electrons. The number of hydrogen-bond donors (Lipinski definition) is 2. The molecular weight excluding hydrogens is 286 g/mol. The zero-order valence-corrected chi connectivity index (χ0v) is 13.3. The molecule has 0 aliphatic heterocycles. The number of carbonyl (C=O) groups is 1. The number of nitrogens with zero attached hydrogens (tertiary/aromatic N) is 1. The van der Waals surface area contributed by atoms with Crippen molar-refractivity contribution < 1.29 is 4.79 Å². The number of benzene rings is 1. The van der Waals surface area contributed by atoms with Crippen LogP contribution in [0.25, 0.3) is 0 Å². The van der Waals surface area contributed by atoms with Gasteiger partial charge in [0.2, 0.25) is 5.91 Å². The molecule has 0 aliphatic rings. The average Bonchev–Trinajstić information content (AvgIpc) is 2.88. The Morgan fingerprint density at radius 3 is 2.67 bits per heavy atom. The second-order valence-electron chi connectivity index (χ2n) is 6.07. The first kappa shape index (κ1) is 15.6. The summed E-state index contributed by atoms with van der Waals surface area (Å²) in [7, 11) is 0. The van der Waals surface area contributed by atoms with E-state index in [4.69, 9.17) is 11.6 Å². The molecule has 0 spiro atoms. The maximum atomic E-state index is 11.9. The van der Waals surface area contributed by atoms with E-state index in [0.717, 1.165) is 17.0 Å². The van der Waals surface area contributed by atoms with E-state index in [1.807, 2.05) is 24.3 Å². The molecule has 0 fully saturated rings. The van der Waals surface area contributed by atoms with Crippen molar-refractivity contribution in [3.8, 4) is 0 Å². The largest absolute Gasteiger partial charge is 0.350 e. The van der Waals surface area contributed by atoms with Gasteiger partial charge in [0.15, 0.2) is 0 Å². The first-order valence-electron chi connectivity index (χ1n) is 6.91. The fourth-order valence-electron chi connectivity index (χ4n) is 1.91. The third kappa shape index (κ3) is 4.33. The van der Waals surface area contributed by atoms with E-state index in [-0.39, 0.29) is 17.7 Å². The Labute approximate surface area is 129 Å². The van der Waals surface area contributed by atoms with Crippen molar-refractivity contribution in [3.63, 3.8) is 0 Å². The molecule has 4 nitrogen and oxygen atoms in total. The fraction of sp³-hybridized carbons (Fsp3) is 0.375. The lowest BCUT2D eigenvalue weighted by molar-refractivity contribution is -0.120. The summed E-state index contributed by atoms with van der Waals surface area (Å²) in [5, 5.41) is 10.7. The maximum Gasteiger partial charge on any atom is 0.224 e. The number of hydrogen-bond acceptors (Lipinski definition) is 2. The molecule has 0 bridgehead atoms. The van der Waals surface area contributed by atoms with Crippen LogP contribution in [0, 0.1) is 0 Å². The average molecular weight is 306 g/mol. The minimum Gasteiger partial charge on any atom is -0.350 e. The van der Waals surface area contributed by atoms with Gasteiger partial charge in [-0.05, 0) is 17.7 Å². The van der Waals surface area contributed by atoms with Crippen molar-refractivity contribution in [2.75, 3.05) is 0 Å². The minimum atomic E-state index is -0.0602. The zero-order valence-electron chi connectivity index (χ0n) is 12.5. The van der Waals surface area contributed by atoms with Crippen LogP contribution in [0.2, 0.25) is 5.02 Å². The number of carbonyl (C=O) groups excluding carboxylic acids is 1. The molecule has 1 heterocycles. The van der Waals surface area contributed by atoms with Crippen molar-refractivity contribution in [1.82, 2.24) is 15.5 Å². The van der Waals surface area contributed by atoms with Crippen LogP contribution in [0.1, 0.15) is 37.7 Å². The van der Waals surface area contributed by atoms with E-state index in [2.05, 4.69) is 36.3 Å². The first-order chi connectivity index (χ1) is 9.86. The summed E-state index contributed by atoms with van der Waals surface area (Å²) in [6.07, 6.45) is 0.278. The van der Waals surface area contributed by atoms with Crippen LogP contribution >= 0.6 is 11.6 Å². The van der Waals surface area contributed by atoms with E-state index < -0.39 is 0 Å². The van der Waals surface area contributed by atoms with Crippen LogP contribution < -0.4 is 5.32 Å². The quantitative estimate of drug-likeness (QED) is 0.911. The summed E-state index contributed by atoms with van der Waals surface area (Å²) in [6.45, 7) is 6.74. The number of aromatic nitrogens is 2. The molecule has 0 saturated heterocycles. The van der Waals surface area contributed by atoms with Gasteiger partial charge in [-0.1, -0.05) is 50.6 Å². The SMILES string of the molecule is CC(C)(C)c1cc(CNC(=O)Cc2ccccc2Cl)[nH]n1. The molecule has 112 valence electrons. The van der Waals surface area contributed by atoms with Crippen molar-refractivity contribution >= 4 is 17.5 Å². The summed E-state index contributed by atoms with van der Waals surface area (Å²) < 4.78 is 0. The van der Waals surface area contributed by atoms with E-state index in [0.29, 0.717) is 11.6 Å². The van der Waals surface area contributed by atoms with Crippen LogP contribution in [-0.4, -0.2) is 16.1 Å². The number of aromatic amines is 1. The van der Waals surface area contributed by atoms with Crippen LogP contribution in [0.4, 0.5) is 0 Å².